The van der Waals surface area contributed by atoms with E-state index in [-0.39, 0.29) is 18.6 Å². The Morgan fingerprint density at radius 1 is 1.05 bits per heavy atom. The maximum Gasteiger partial charge on any atom is 0.245 e. The second kappa shape index (κ2) is 7.57. The second-order valence-corrected chi connectivity index (χ2v) is 4.96. The van der Waals surface area contributed by atoms with Crippen LogP contribution in [0.5, 0.6) is 0 Å². The molecule has 0 saturated heterocycles. The topological polar surface area (TPSA) is 64.3 Å². The molecule has 0 heterocycles. The van der Waals surface area contributed by atoms with E-state index in [1.54, 1.807) is 0 Å². The standard InChI is InChI=1S/C17H20N2O2/c1-13(19-21-12-16(18)20)17(14-8-4-2-5-9-14)15-10-6-3-7-11-15/h2-11,13,17,19H,12H2,1H3,(H2,18,20). The van der Waals surface area contributed by atoms with E-state index < -0.39 is 5.91 Å². The molecule has 0 aliphatic rings. The first-order valence-electron chi connectivity index (χ1n) is 6.94. The molecule has 1 unspecified atom stereocenters. The molecule has 3 N–H and O–H groups in total. The molecular formula is C17H20N2O2. The molecule has 0 saturated carbocycles. The number of carbonyl (C=O) groups excluding carboxylic acids is 1. The van der Waals surface area contributed by atoms with Crippen molar-refractivity contribution in [2.24, 2.45) is 5.73 Å². The van der Waals surface area contributed by atoms with Crippen LogP contribution >= 0.6 is 0 Å². The van der Waals surface area contributed by atoms with Gasteiger partial charge in [-0.25, -0.2) is 0 Å². The summed E-state index contributed by atoms with van der Waals surface area (Å²) in [6.07, 6.45) is 0. The lowest BCUT2D eigenvalue weighted by atomic mass is 9.86. The van der Waals surface area contributed by atoms with Gasteiger partial charge in [-0.2, -0.15) is 5.48 Å². The molecule has 0 radical (unpaired) electrons. The lowest BCUT2D eigenvalue weighted by Gasteiger charge is -2.25. The molecule has 0 aliphatic heterocycles. The van der Waals surface area contributed by atoms with Crippen molar-refractivity contribution in [3.8, 4) is 0 Å². The highest BCUT2D eigenvalue weighted by atomic mass is 16.6. The summed E-state index contributed by atoms with van der Waals surface area (Å²) in [5, 5.41) is 0. The van der Waals surface area contributed by atoms with E-state index in [0.29, 0.717) is 0 Å². The smallest absolute Gasteiger partial charge is 0.245 e. The first kappa shape index (κ1) is 15.2. The lowest BCUT2D eigenvalue weighted by molar-refractivity contribution is -0.126. The largest absolute Gasteiger partial charge is 0.368 e. The van der Waals surface area contributed by atoms with Crippen LogP contribution in [0, 0.1) is 0 Å². The Balaban J connectivity index is 2.18. The molecule has 110 valence electrons. The summed E-state index contributed by atoms with van der Waals surface area (Å²) in [4.78, 5) is 15.9. The number of benzene rings is 2. The van der Waals surface area contributed by atoms with Crippen LogP contribution in [0.1, 0.15) is 24.0 Å². The molecule has 0 fully saturated rings. The fourth-order valence-electron chi connectivity index (χ4n) is 2.40. The fraction of sp³-hybridized carbons (Fsp3) is 0.235. The van der Waals surface area contributed by atoms with Gasteiger partial charge >= 0.3 is 0 Å². The average molecular weight is 284 g/mol. The summed E-state index contributed by atoms with van der Waals surface area (Å²) in [7, 11) is 0. The molecule has 21 heavy (non-hydrogen) atoms. The molecule has 4 heteroatoms. The number of hydroxylamine groups is 1. The van der Waals surface area contributed by atoms with Gasteiger partial charge in [0.05, 0.1) is 0 Å². The summed E-state index contributed by atoms with van der Waals surface area (Å²) in [6, 6.07) is 20.4. The zero-order valence-electron chi connectivity index (χ0n) is 12.0. The van der Waals surface area contributed by atoms with Crippen molar-refractivity contribution in [2.75, 3.05) is 6.61 Å². The minimum Gasteiger partial charge on any atom is -0.368 e. The van der Waals surface area contributed by atoms with Gasteiger partial charge in [0.2, 0.25) is 5.91 Å². The Labute approximate surface area is 124 Å². The molecule has 0 aromatic heterocycles. The highest BCUT2D eigenvalue weighted by Gasteiger charge is 2.21. The molecule has 2 rings (SSSR count). The van der Waals surface area contributed by atoms with E-state index in [0.717, 1.165) is 0 Å². The SMILES string of the molecule is CC(NOCC(N)=O)C(c1ccccc1)c1ccccc1. The molecule has 0 aliphatic carbocycles. The minimum absolute atomic E-state index is 0.00542. The van der Waals surface area contributed by atoms with E-state index in [1.165, 1.54) is 11.1 Å². The first-order chi connectivity index (χ1) is 10.2. The van der Waals surface area contributed by atoms with Crippen molar-refractivity contribution in [3.63, 3.8) is 0 Å². The Morgan fingerprint density at radius 2 is 1.52 bits per heavy atom. The van der Waals surface area contributed by atoms with Gasteiger partial charge in [-0.3, -0.25) is 9.63 Å². The van der Waals surface area contributed by atoms with Crippen molar-refractivity contribution in [1.29, 1.82) is 0 Å². The zero-order chi connectivity index (χ0) is 15.1. The van der Waals surface area contributed by atoms with Gasteiger partial charge in [-0.05, 0) is 18.1 Å². The number of hydrogen-bond acceptors (Lipinski definition) is 3. The summed E-state index contributed by atoms with van der Waals surface area (Å²) in [6.45, 7) is 1.88. The highest BCUT2D eigenvalue weighted by Crippen LogP contribution is 2.27. The van der Waals surface area contributed by atoms with Crippen molar-refractivity contribution >= 4 is 5.91 Å². The normalized spacial score (nSPS) is 12.3. The maximum atomic E-state index is 10.7. The molecular weight excluding hydrogens is 264 g/mol. The molecule has 0 bridgehead atoms. The predicted molar refractivity (Wildman–Crippen MR) is 82.5 cm³/mol. The Hall–Kier alpha value is -2.17. The Bertz CT molecular complexity index is 518. The third-order valence-corrected chi connectivity index (χ3v) is 3.30. The molecule has 4 nitrogen and oxygen atoms in total. The van der Waals surface area contributed by atoms with Crippen LogP contribution in [0.15, 0.2) is 60.7 Å². The number of rotatable bonds is 7. The van der Waals surface area contributed by atoms with Crippen LogP contribution in [-0.4, -0.2) is 18.6 Å². The van der Waals surface area contributed by atoms with Crippen molar-refractivity contribution in [1.82, 2.24) is 5.48 Å². The van der Waals surface area contributed by atoms with E-state index in [9.17, 15) is 4.79 Å². The van der Waals surface area contributed by atoms with Gasteiger partial charge < -0.3 is 5.73 Å². The first-order valence-corrected chi connectivity index (χ1v) is 6.94. The van der Waals surface area contributed by atoms with E-state index in [2.05, 4.69) is 29.7 Å². The Kier molecular flexibility index (Phi) is 5.49. The molecule has 2 aromatic carbocycles. The van der Waals surface area contributed by atoms with Crippen LogP contribution in [0.4, 0.5) is 0 Å². The monoisotopic (exact) mass is 284 g/mol. The molecule has 1 amide bonds. The number of primary amides is 1. The number of amides is 1. The highest BCUT2D eigenvalue weighted by molar-refractivity contribution is 5.74. The summed E-state index contributed by atoms with van der Waals surface area (Å²) in [5.74, 6) is -0.369. The second-order valence-electron chi connectivity index (χ2n) is 4.96. The number of carbonyl (C=O) groups is 1. The quantitative estimate of drug-likeness (QED) is 0.766. The third kappa shape index (κ3) is 4.41. The molecule has 2 aromatic rings. The zero-order valence-corrected chi connectivity index (χ0v) is 12.0. The summed E-state index contributed by atoms with van der Waals surface area (Å²) in [5.41, 5.74) is 10.4. The maximum absolute atomic E-state index is 10.7. The number of nitrogens with two attached hydrogens (primary N) is 1. The number of hydrogen-bond donors (Lipinski definition) is 2. The fourth-order valence-corrected chi connectivity index (χ4v) is 2.40. The lowest BCUT2D eigenvalue weighted by Crippen LogP contribution is -2.35. The predicted octanol–water partition coefficient (Wildman–Crippen LogP) is 2.21. The van der Waals surface area contributed by atoms with Crippen LogP contribution in [0.2, 0.25) is 0 Å². The minimum atomic E-state index is -0.495. The molecule has 0 spiro atoms. The van der Waals surface area contributed by atoms with Crippen LogP contribution < -0.4 is 11.2 Å². The third-order valence-electron chi connectivity index (χ3n) is 3.30. The van der Waals surface area contributed by atoms with Gasteiger partial charge in [-0.15, -0.1) is 0 Å². The van der Waals surface area contributed by atoms with Crippen molar-refractivity contribution in [3.05, 3.63) is 71.8 Å². The van der Waals surface area contributed by atoms with E-state index in [1.807, 2.05) is 43.3 Å². The van der Waals surface area contributed by atoms with Crippen molar-refractivity contribution < 1.29 is 9.63 Å². The van der Waals surface area contributed by atoms with Gasteiger partial charge in [0.25, 0.3) is 0 Å². The average Bonchev–Trinajstić information content (AvgIpc) is 2.49. The summed E-state index contributed by atoms with van der Waals surface area (Å²) >= 11 is 0. The van der Waals surface area contributed by atoms with Crippen LogP contribution in [-0.2, 0) is 9.63 Å². The molecule has 1 atom stereocenters. The van der Waals surface area contributed by atoms with E-state index >= 15 is 0 Å². The van der Waals surface area contributed by atoms with Crippen LogP contribution in [0.25, 0.3) is 0 Å². The van der Waals surface area contributed by atoms with Crippen molar-refractivity contribution in [2.45, 2.75) is 18.9 Å². The summed E-state index contributed by atoms with van der Waals surface area (Å²) < 4.78 is 0. The van der Waals surface area contributed by atoms with E-state index in [4.69, 9.17) is 10.6 Å². The Morgan fingerprint density at radius 3 is 1.95 bits per heavy atom. The van der Waals surface area contributed by atoms with Gasteiger partial charge in [0, 0.05) is 12.0 Å². The van der Waals surface area contributed by atoms with Gasteiger partial charge in [0.15, 0.2) is 0 Å². The van der Waals surface area contributed by atoms with Gasteiger partial charge in [-0.1, -0.05) is 60.7 Å². The van der Waals surface area contributed by atoms with Crippen LogP contribution in [0.3, 0.4) is 0 Å². The number of nitrogens with one attached hydrogen (secondary N) is 1. The van der Waals surface area contributed by atoms with Gasteiger partial charge in [0.1, 0.15) is 6.61 Å².